The Kier molecular flexibility index (Phi) is 5.10. The Bertz CT molecular complexity index is 1950. The average molecular weight is 554 g/mol. The van der Waals surface area contributed by atoms with E-state index in [1.807, 2.05) is 60.7 Å². The highest BCUT2D eigenvalue weighted by Gasteiger charge is 2.41. The van der Waals surface area contributed by atoms with Crippen LogP contribution >= 0.6 is 11.8 Å². The van der Waals surface area contributed by atoms with Crippen molar-refractivity contribution >= 4 is 48.5 Å². The highest BCUT2D eigenvalue weighted by molar-refractivity contribution is 7.99. The molecule has 0 unspecified atom stereocenters. The van der Waals surface area contributed by atoms with Crippen molar-refractivity contribution < 1.29 is 16.8 Å². The Balaban J connectivity index is 1.54. The molecule has 2 aliphatic heterocycles. The monoisotopic (exact) mass is 553 g/mol. The smallest absolute Gasteiger partial charge is 0.209 e. The van der Waals surface area contributed by atoms with E-state index < -0.39 is 19.7 Å². The zero-order valence-electron chi connectivity index (χ0n) is 19.8. The van der Waals surface area contributed by atoms with Crippen LogP contribution in [0.25, 0.3) is 11.1 Å². The number of sulfone groups is 2. The van der Waals surface area contributed by atoms with Crippen LogP contribution in [0.5, 0.6) is 0 Å². The van der Waals surface area contributed by atoms with Crippen molar-refractivity contribution in [3.63, 3.8) is 0 Å². The summed E-state index contributed by atoms with van der Waals surface area (Å²) in [4.78, 5) is 3.50. The molecule has 2 heterocycles. The van der Waals surface area contributed by atoms with Gasteiger partial charge in [0.1, 0.15) is 0 Å². The number of fused-ring (bicyclic) bond motifs is 4. The summed E-state index contributed by atoms with van der Waals surface area (Å²) in [5, 5.41) is 0. The minimum atomic E-state index is -4.12. The predicted octanol–water partition coefficient (Wildman–Crippen LogP) is 7.27. The lowest BCUT2D eigenvalue weighted by Crippen LogP contribution is -2.21. The van der Waals surface area contributed by atoms with Gasteiger partial charge in [0.15, 0.2) is 0 Å². The van der Waals surface area contributed by atoms with E-state index in [1.165, 1.54) is 18.2 Å². The standard InChI is InChI=1S/C30H19NO4S3/c32-37(33)27-17-7-8-18-28(27)38(34,35)30-21(11-9-19-29(30)37)20-10-1-2-12-22(20)31-23-13-3-5-15-25(23)36-26-16-6-4-14-24(26)31/h1-19H. The van der Waals surface area contributed by atoms with Gasteiger partial charge in [0, 0.05) is 20.9 Å². The van der Waals surface area contributed by atoms with Crippen molar-refractivity contribution in [3.05, 3.63) is 115 Å². The van der Waals surface area contributed by atoms with Crippen molar-refractivity contribution in [2.45, 2.75) is 29.4 Å². The first kappa shape index (κ1) is 23.3. The van der Waals surface area contributed by atoms with Crippen LogP contribution in [0.4, 0.5) is 17.1 Å². The molecule has 38 heavy (non-hydrogen) atoms. The maximum atomic E-state index is 14.0. The molecule has 7 rings (SSSR count). The Labute approximate surface area is 225 Å². The van der Waals surface area contributed by atoms with Crippen LogP contribution in [0.15, 0.2) is 145 Å². The van der Waals surface area contributed by atoms with E-state index >= 15 is 0 Å². The molecule has 0 fully saturated rings. The second-order valence-electron chi connectivity index (χ2n) is 8.98. The Morgan fingerprint density at radius 1 is 0.447 bits per heavy atom. The van der Waals surface area contributed by atoms with E-state index in [0.717, 1.165) is 26.9 Å². The lowest BCUT2D eigenvalue weighted by molar-refractivity contribution is 0.570. The van der Waals surface area contributed by atoms with Crippen molar-refractivity contribution in [2.24, 2.45) is 0 Å². The third kappa shape index (κ3) is 3.24. The van der Waals surface area contributed by atoms with Gasteiger partial charge >= 0.3 is 0 Å². The number of hydrogen-bond acceptors (Lipinski definition) is 6. The van der Waals surface area contributed by atoms with Crippen LogP contribution in [-0.4, -0.2) is 16.8 Å². The largest absolute Gasteiger partial charge is 0.308 e. The second-order valence-corrected chi connectivity index (χ2v) is 13.8. The van der Waals surface area contributed by atoms with E-state index in [0.29, 0.717) is 11.1 Å². The van der Waals surface area contributed by atoms with Crippen LogP contribution in [0.3, 0.4) is 0 Å². The first-order valence-electron chi connectivity index (χ1n) is 11.9. The molecule has 2 aliphatic rings. The molecule has 0 radical (unpaired) electrons. The fourth-order valence-electron chi connectivity index (χ4n) is 5.20. The summed E-state index contributed by atoms with van der Waals surface area (Å²) in [6.07, 6.45) is 0. The Morgan fingerprint density at radius 3 is 1.58 bits per heavy atom. The second kappa shape index (κ2) is 8.33. The molecular formula is C30H19NO4S3. The summed E-state index contributed by atoms with van der Waals surface area (Å²) >= 11 is 1.68. The zero-order valence-corrected chi connectivity index (χ0v) is 22.2. The third-order valence-electron chi connectivity index (χ3n) is 6.83. The van der Waals surface area contributed by atoms with Gasteiger partial charge in [-0.2, -0.15) is 0 Å². The summed E-state index contributed by atoms with van der Waals surface area (Å²) in [5.41, 5.74) is 3.67. The minimum absolute atomic E-state index is 0.181. The van der Waals surface area contributed by atoms with Gasteiger partial charge in [0.05, 0.1) is 36.6 Å². The van der Waals surface area contributed by atoms with Crippen molar-refractivity contribution in [1.29, 1.82) is 0 Å². The minimum Gasteiger partial charge on any atom is -0.308 e. The van der Waals surface area contributed by atoms with Gasteiger partial charge in [-0.1, -0.05) is 78.5 Å². The first-order chi connectivity index (χ1) is 18.4. The summed E-state index contributed by atoms with van der Waals surface area (Å²) in [6, 6.07) is 34.1. The lowest BCUT2D eigenvalue weighted by atomic mass is 10.0. The van der Waals surface area contributed by atoms with Gasteiger partial charge in [-0.05, 0) is 48.5 Å². The molecule has 0 atom stereocenters. The molecule has 0 saturated heterocycles. The zero-order chi connectivity index (χ0) is 26.1. The van der Waals surface area contributed by atoms with Crippen LogP contribution in [0, 0.1) is 0 Å². The number of benzene rings is 5. The molecular weight excluding hydrogens is 535 g/mol. The van der Waals surface area contributed by atoms with Crippen LogP contribution < -0.4 is 4.90 Å². The quantitative estimate of drug-likeness (QED) is 0.224. The van der Waals surface area contributed by atoms with E-state index in [1.54, 1.807) is 36.0 Å². The molecule has 8 heteroatoms. The maximum absolute atomic E-state index is 14.0. The fourth-order valence-corrected chi connectivity index (χ4v) is 10.6. The molecule has 0 bridgehead atoms. The summed E-state index contributed by atoms with van der Waals surface area (Å²) < 4.78 is 55.2. The maximum Gasteiger partial charge on any atom is 0.209 e. The van der Waals surface area contributed by atoms with Crippen LogP contribution in [0.1, 0.15) is 0 Å². The Morgan fingerprint density at radius 2 is 0.921 bits per heavy atom. The Hall–Kier alpha value is -3.85. The van der Waals surface area contributed by atoms with Crippen LogP contribution in [-0.2, 0) is 19.7 Å². The number of hydrogen-bond donors (Lipinski definition) is 0. The highest BCUT2D eigenvalue weighted by Crippen LogP contribution is 2.54. The SMILES string of the molecule is O=S1(=O)c2ccccc2S(=O)(=O)c2c(-c3ccccc3N3c4ccccc4Sc4ccccc43)cccc21. The normalized spacial score (nSPS) is 16.1. The van der Waals surface area contributed by atoms with Crippen molar-refractivity contribution in [3.8, 4) is 11.1 Å². The summed E-state index contributed by atoms with van der Waals surface area (Å²) in [5.74, 6) is 0. The van der Waals surface area contributed by atoms with Gasteiger partial charge in [-0.25, -0.2) is 16.8 Å². The predicted molar refractivity (Wildman–Crippen MR) is 148 cm³/mol. The molecule has 0 aliphatic carbocycles. The highest BCUT2D eigenvalue weighted by atomic mass is 32.2. The van der Waals surface area contributed by atoms with Crippen molar-refractivity contribution in [1.82, 2.24) is 0 Å². The molecule has 0 spiro atoms. The van der Waals surface area contributed by atoms with Gasteiger partial charge < -0.3 is 4.90 Å². The molecule has 186 valence electrons. The van der Waals surface area contributed by atoms with E-state index in [9.17, 15) is 16.8 Å². The molecule has 0 saturated carbocycles. The van der Waals surface area contributed by atoms with E-state index in [-0.39, 0.29) is 19.6 Å². The summed E-state index contributed by atoms with van der Waals surface area (Å²) in [6.45, 7) is 0. The molecule has 0 N–H and O–H groups in total. The summed E-state index contributed by atoms with van der Waals surface area (Å²) in [7, 11) is -8.16. The lowest BCUT2D eigenvalue weighted by Gasteiger charge is -2.34. The van der Waals surface area contributed by atoms with E-state index in [2.05, 4.69) is 17.0 Å². The molecule has 5 aromatic rings. The molecule has 0 aromatic heterocycles. The molecule has 5 nitrogen and oxygen atoms in total. The van der Waals surface area contributed by atoms with Crippen molar-refractivity contribution in [2.75, 3.05) is 4.90 Å². The average Bonchev–Trinajstić information content (AvgIpc) is 2.95. The first-order valence-corrected chi connectivity index (χ1v) is 15.6. The van der Waals surface area contributed by atoms with E-state index in [4.69, 9.17) is 0 Å². The number of para-hydroxylation sites is 3. The number of nitrogens with zero attached hydrogens (tertiary/aromatic N) is 1. The van der Waals surface area contributed by atoms with Gasteiger partial charge in [0.25, 0.3) is 0 Å². The van der Waals surface area contributed by atoms with Gasteiger partial charge in [-0.15, -0.1) is 0 Å². The molecule has 5 aromatic carbocycles. The number of anilines is 3. The third-order valence-corrected chi connectivity index (χ3v) is 12.0. The molecule has 0 amide bonds. The van der Waals surface area contributed by atoms with Gasteiger partial charge in [-0.3, -0.25) is 0 Å². The topological polar surface area (TPSA) is 71.5 Å². The van der Waals surface area contributed by atoms with Crippen LogP contribution in [0.2, 0.25) is 0 Å². The fraction of sp³-hybridized carbons (Fsp3) is 0. The number of rotatable bonds is 2. The van der Waals surface area contributed by atoms with Gasteiger partial charge in [0.2, 0.25) is 19.7 Å².